The number of nitrogens with zero attached hydrogens (tertiary/aromatic N) is 1. The summed E-state index contributed by atoms with van der Waals surface area (Å²) in [4.78, 5) is 26.5. The van der Waals surface area contributed by atoms with Crippen molar-refractivity contribution in [3.8, 4) is 11.1 Å². The second-order valence-corrected chi connectivity index (χ2v) is 6.68. The van der Waals surface area contributed by atoms with Crippen LogP contribution in [0.2, 0.25) is 0 Å². The number of hydrogen-bond donors (Lipinski definition) is 2. The van der Waals surface area contributed by atoms with Crippen LogP contribution in [0.3, 0.4) is 0 Å². The molecule has 0 saturated carbocycles. The van der Waals surface area contributed by atoms with Gasteiger partial charge in [0, 0.05) is 25.3 Å². The van der Waals surface area contributed by atoms with Crippen molar-refractivity contribution < 1.29 is 19.1 Å². The lowest BCUT2D eigenvalue weighted by molar-refractivity contribution is -0.144. The van der Waals surface area contributed by atoms with Gasteiger partial charge in [0.1, 0.15) is 11.9 Å². The van der Waals surface area contributed by atoms with Gasteiger partial charge >= 0.3 is 0 Å². The fraction of sp³-hybridized carbons (Fsp3) is 0.333. The van der Waals surface area contributed by atoms with E-state index in [0.29, 0.717) is 24.2 Å². The van der Waals surface area contributed by atoms with E-state index in [2.05, 4.69) is 5.32 Å². The Morgan fingerprint density at radius 1 is 1.30 bits per heavy atom. The SMILES string of the molecule is C[C@@H](C(=O)N1CCNC(=O)[C@H]1CCO)c1ccc(-c2ccccc2)c(F)c1. The summed E-state index contributed by atoms with van der Waals surface area (Å²) in [5, 5.41) is 11.9. The second kappa shape index (κ2) is 8.31. The zero-order valence-corrected chi connectivity index (χ0v) is 15.2. The summed E-state index contributed by atoms with van der Waals surface area (Å²) in [7, 11) is 0. The molecule has 0 aromatic heterocycles. The minimum absolute atomic E-state index is 0.184. The van der Waals surface area contributed by atoms with Gasteiger partial charge < -0.3 is 15.3 Å². The Balaban J connectivity index is 1.82. The highest BCUT2D eigenvalue weighted by atomic mass is 19.1. The molecule has 2 N–H and O–H groups in total. The molecule has 2 amide bonds. The van der Waals surface area contributed by atoms with Crippen molar-refractivity contribution in [1.29, 1.82) is 0 Å². The molecule has 1 heterocycles. The van der Waals surface area contributed by atoms with Crippen LogP contribution >= 0.6 is 0 Å². The Hall–Kier alpha value is -2.73. The number of piperazine rings is 1. The van der Waals surface area contributed by atoms with Crippen molar-refractivity contribution in [3.05, 3.63) is 59.9 Å². The van der Waals surface area contributed by atoms with Gasteiger partial charge in [-0.2, -0.15) is 0 Å². The molecule has 3 rings (SSSR count). The lowest BCUT2D eigenvalue weighted by atomic mass is 9.94. The van der Waals surface area contributed by atoms with E-state index in [-0.39, 0.29) is 30.7 Å². The molecule has 0 spiro atoms. The summed E-state index contributed by atoms with van der Waals surface area (Å²) < 4.78 is 14.6. The number of aliphatic hydroxyl groups is 1. The van der Waals surface area contributed by atoms with E-state index in [0.717, 1.165) is 5.56 Å². The smallest absolute Gasteiger partial charge is 0.242 e. The Kier molecular flexibility index (Phi) is 5.86. The average Bonchev–Trinajstić information content (AvgIpc) is 2.69. The summed E-state index contributed by atoms with van der Waals surface area (Å²) in [6, 6.07) is 13.3. The largest absolute Gasteiger partial charge is 0.396 e. The molecule has 0 bridgehead atoms. The zero-order valence-electron chi connectivity index (χ0n) is 15.2. The number of amides is 2. The van der Waals surface area contributed by atoms with E-state index in [1.807, 2.05) is 30.3 Å². The zero-order chi connectivity index (χ0) is 19.4. The molecule has 0 unspecified atom stereocenters. The fourth-order valence-electron chi connectivity index (χ4n) is 3.43. The lowest BCUT2D eigenvalue weighted by Gasteiger charge is -2.36. The van der Waals surface area contributed by atoms with Crippen LogP contribution in [0.5, 0.6) is 0 Å². The quantitative estimate of drug-likeness (QED) is 0.849. The van der Waals surface area contributed by atoms with Gasteiger partial charge in [-0.3, -0.25) is 9.59 Å². The summed E-state index contributed by atoms with van der Waals surface area (Å²) >= 11 is 0. The normalized spacial score (nSPS) is 18.1. The molecular formula is C21H23FN2O3. The number of rotatable bonds is 5. The number of carbonyl (C=O) groups excluding carboxylic acids is 2. The monoisotopic (exact) mass is 370 g/mol. The first-order chi connectivity index (χ1) is 13.0. The van der Waals surface area contributed by atoms with Crippen molar-refractivity contribution >= 4 is 11.8 Å². The van der Waals surface area contributed by atoms with E-state index in [1.54, 1.807) is 19.1 Å². The van der Waals surface area contributed by atoms with Gasteiger partial charge in [-0.15, -0.1) is 0 Å². The third-order valence-electron chi connectivity index (χ3n) is 4.96. The Morgan fingerprint density at radius 3 is 2.70 bits per heavy atom. The maximum Gasteiger partial charge on any atom is 0.242 e. The minimum atomic E-state index is -0.688. The van der Waals surface area contributed by atoms with Crippen LogP contribution in [-0.2, 0) is 9.59 Å². The fourth-order valence-corrected chi connectivity index (χ4v) is 3.43. The summed E-state index contributed by atoms with van der Waals surface area (Å²) in [5.41, 5.74) is 1.82. The maximum atomic E-state index is 14.6. The van der Waals surface area contributed by atoms with Gasteiger partial charge in [-0.1, -0.05) is 42.5 Å². The number of hydrogen-bond acceptors (Lipinski definition) is 3. The summed E-state index contributed by atoms with van der Waals surface area (Å²) in [6.45, 7) is 2.28. The molecule has 1 aliphatic heterocycles. The number of benzene rings is 2. The summed E-state index contributed by atoms with van der Waals surface area (Å²) in [5.74, 6) is -1.48. The molecule has 2 atom stereocenters. The Morgan fingerprint density at radius 2 is 2.04 bits per heavy atom. The predicted molar refractivity (Wildman–Crippen MR) is 100 cm³/mol. The molecular weight excluding hydrogens is 347 g/mol. The molecule has 5 nitrogen and oxygen atoms in total. The maximum absolute atomic E-state index is 14.6. The third kappa shape index (κ3) is 4.01. The molecule has 142 valence electrons. The van der Waals surface area contributed by atoms with Gasteiger partial charge in [-0.05, 0) is 30.5 Å². The first kappa shape index (κ1) is 19.0. The topological polar surface area (TPSA) is 69.6 Å². The van der Waals surface area contributed by atoms with Crippen LogP contribution in [0.4, 0.5) is 4.39 Å². The lowest BCUT2D eigenvalue weighted by Crippen LogP contribution is -2.58. The van der Waals surface area contributed by atoms with Crippen LogP contribution in [0.1, 0.15) is 24.8 Å². The highest BCUT2D eigenvalue weighted by molar-refractivity contribution is 5.91. The van der Waals surface area contributed by atoms with Crippen molar-refractivity contribution in [1.82, 2.24) is 10.2 Å². The van der Waals surface area contributed by atoms with Gasteiger partial charge in [0.15, 0.2) is 0 Å². The van der Waals surface area contributed by atoms with E-state index in [4.69, 9.17) is 0 Å². The third-order valence-corrected chi connectivity index (χ3v) is 4.96. The van der Waals surface area contributed by atoms with E-state index >= 15 is 0 Å². The van der Waals surface area contributed by atoms with Crippen LogP contribution in [0, 0.1) is 5.82 Å². The Labute approximate surface area is 157 Å². The number of halogens is 1. The molecule has 0 radical (unpaired) electrons. The van der Waals surface area contributed by atoms with Crippen molar-refractivity contribution in [2.24, 2.45) is 0 Å². The highest BCUT2D eigenvalue weighted by Gasteiger charge is 2.35. The number of aliphatic hydroxyl groups excluding tert-OH is 1. The van der Waals surface area contributed by atoms with Gasteiger partial charge in [-0.25, -0.2) is 4.39 Å². The minimum Gasteiger partial charge on any atom is -0.396 e. The number of carbonyl (C=O) groups is 2. The van der Waals surface area contributed by atoms with Crippen LogP contribution in [0.25, 0.3) is 11.1 Å². The van der Waals surface area contributed by atoms with Crippen molar-refractivity contribution in [2.45, 2.75) is 25.3 Å². The average molecular weight is 370 g/mol. The molecule has 6 heteroatoms. The predicted octanol–water partition coefficient (Wildman–Crippen LogP) is 2.31. The highest BCUT2D eigenvalue weighted by Crippen LogP contribution is 2.28. The first-order valence-electron chi connectivity index (χ1n) is 9.07. The molecule has 1 fully saturated rings. The van der Waals surface area contributed by atoms with Crippen LogP contribution in [-0.4, -0.2) is 47.6 Å². The first-order valence-corrected chi connectivity index (χ1v) is 9.07. The summed E-state index contributed by atoms with van der Waals surface area (Å²) in [6.07, 6.45) is 0.186. The van der Waals surface area contributed by atoms with E-state index in [9.17, 15) is 19.1 Å². The van der Waals surface area contributed by atoms with Crippen LogP contribution < -0.4 is 5.32 Å². The van der Waals surface area contributed by atoms with Gasteiger partial charge in [0.25, 0.3) is 0 Å². The standard InChI is InChI=1S/C21H23FN2O3/c1-14(21(27)24-11-10-23-20(26)19(24)9-12-25)16-7-8-17(18(22)13-16)15-5-3-2-4-6-15/h2-8,13-14,19,25H,9-12H2,1H3,(H,23,26)/t14-,19-/m1/s1. The molecule has 27 heavy (non-hydrogen) atoms. The second-order valence-electron chi connectivity index (χ2n) is 6.68. The van der Waals surface area contributed by atoms with Crippen molar-refractivity contribution in [3.63, 3.8) is 0 Å². The Bertz CT molecular complexity index is 825. The van der Waals surface area contributed by atoms with Crippen molar-refractivity contribution in [2.75, 3.05) is 19.7 Å². The molecule has 1 saturated heterocycles. The van der Waals surface area contributed by atoms with Gasteiger partial charge in [0.2, 0.25) is 11.8 Å². The molecule has 1 aliphatic rings. The van der Waals surface area contributed by atoms with E-state index < -0.39 is 12.0 Å². The van der Waals surface area contributed by atoms with E-state index in [1.165, 1.54) is 11.0 Å². The van der Waals surface area contributed by atoms with Crippen LogP contribution in [0.15, 0.2) is 48.5 Å². The molecule has 2 aromatic carbocycles. The molecule has 2 aromatic rings. The molecule has 0 aliphatic carbocycles. The van der Waals surface area contributed by atoms with Gasteiger partial charge in [0.05, 0.1) is 5.92 Å². The number of nitrogens with one attached hydrogen (secondary N) is 1.